The van der Waals surface area contributed by atoms with Gasteiger partial charge in [0.2, 0.25) is 5.82 Å². The second-order valence-corrected chi connectivity index (χ2v) is 5.64. The van der Waals surface area contributed by atoms with Crippen LogP contribution < -0.4 is 19.1 Å². The Morgan fingerprint density at radius 3 is 2.33 bits per heavy atom. The fourth-order valence-corrected chi connectivity index (χ4v) is 2.74. The first-order valence-electron chi connectivity index (χ1n) is 8.76. The lowest BCUT2D eigenvalue weighted by atomic mass is 10.2. The van der Waals surface area contributed by atoms with Crippen molar-refractivity contribution in [1.82, 2.24) is 10.1 Å². The average molecular weight is 369 g/mol. The molecule has 142 valence electrons. The highest BCUT2D eigenvalue weighted by Gasteiger charge is 2.19. The molecular formula is C20H23N3O4. The fraction of sp³-hybridized carbons (Fsp3) is 0.300. The molecule has 1 aromatic heterocycles. The van der Waals surface area contributed by atoms with Crippen molar-refractivity contribution < 1.29 is 18.7 Å². The predicted octanol–water partition coefficient (Wildman–Crippen LogP) is 4.31. The molecule has 0 amide bonds. The number of anilines is 2. The molecule has 0 fully saturated rings. The molecule has 0 aliphatic rings. The molecule has 0 unspecified atom stereocenters. The lowest BCUT2D eigenvalue weighted by molar-refractivity contribution is 0.340. The smallest absolute Gasteiger partial charge is 0.328 e. The van der Waals surface area contributed by atoms with Gasteiger partial charge in [-0.2, -0.15) is 4.98 Å². The summed E-state index contributed by atoms with van der Waals surface area (Å²) in [6.45, 7) is 5.28. The van der Waals surface area contributed by atoms with Crippen molar-refractivity contribution in [1.29, 1.82) is 0 Å². The summed E-state index contributed by atoms with van der Waals surface area (Å²) >= 11 is 0. The number of ether oxygens (including phenoxy) is 3. The summed E-state index contributed by atoms with van der Waals surface area (Å²) in [7, 11) is 3.21. The summed E-state index contributed by atoms with van der Waals surface area (Å²) in [5, 5.41) is 4.12. The minimum absolute atomic E-state index is 0.404. The normalized spacial score (nSPS) is 10.5. The van der Waals surface area contributed by atoms with Crippen molar-refractivity contribution in [3.8, 4) is 28.6 Å². The Morgan fingerprint density at radius 2 is 1.70 bits per heavy atom. The van der Waals surface area contributed by atoms with E-state index in [1.165, 1.54) is 0 Å². The Morgan fingerprint density at radius 1 is 0.963 bits per heavy atom. The third-order valence-electron chi connectivity index (χ3n) is 4.07. The Balaban J connectivity index is 1.91. The molecule has 0 bridgehead atoms. The van der Waals surface area contributed by atoms with Gasteiger partial charge in [-0.1, -0.05) is 5.16 Å². The number of benzene rings is 2. The Hall–Kier alpha value is -3.22. The van der Waals surface area contributed by atoms with Crippen molar-refractivity contribution in [2.24, 2.45) is 0 Å². The fourth-order valence-electron chi connectivity index (χ4n) is 2.74. The highest BCUT2D eigenvalue weighted by atomic mass is 16.5. The number of rotatable bonds is 8. The molecule has 0 saturated carbocycles. The van der Waals surface area contributed by atoms with Gasteiger partial charge in [0.15, 0.2) is 0 Å². The van der Waals surface area contributed by atoms with Crippen LogP contribution in [0.2, 0.25) is 0 Å². The van der Waals surface area contributed by atoms with Crippen LogP contribution in [0.4, 0.5) is 11.7 Å². The predicted molar refractivity (Wildman–Crippen MR) is 103 cm³/mol. The first kappa shape index (κ1) is 18.6. The van der Waals surface area contributed by atoms with Gasteiger partial charge < -0.3 is 18.7 Å². The average Bonchev–Trinajstić information content (AvgIpc) is 3.19. The van der Waals surface area contributed by atoms with Gasteiger partial charge in [-0.05, 0) is 56.3 Å². The molecule has 0 aliphatic heterocycles. The van der Waals surface area contributed by atoms with E-state index in [1.54, 1.807) is 14.2 Å². The third-order valence-corrected chi connectivity index (χ3v) is 4.07. The summed E-state index contributed by atoms with van der Waals surface area (Å²) in [5.74, 6) is 2.60. The van der Waals surface area contributed by atoms with Gasteiger partial charge in [-0.25, -0.2) is 0 Å². The van der Waals surface area contributed by atoms with Crippen molar-refractivity contribution in [3.63, 3.8) is 0 Å². The van der Waals surface area contributed by atoms with Gasteiger partial charge in [-0.15, -0.1) is 0 Å². The van der Waals surface area contributed by atoms with Crippen molar-refractivity contribution in [2.75, 3.05) is 32.3 Å². The van der Waals surface area contributed by atoms with E-state index < -0.39 is 0 Å². The lowest BCUT2D eigenvalue weighted by Crippen LogP contribution is -2.16. The number of nitrogens with zero attached hydrogens (tertiary/aromatic N) is 3. The molecule has 0 spiro atoms. The number of methoxy groups -OCH3 is 2. The Labute approximate surface area is 158 Å². The Kier molecular flexibility index (Phi) is 5.80. The quantitative estimate of drug-likeness (QED) is 0.586. The largest absolute Gasteiger partial charge is 0.497 e. The standard InChI is InChI=1S/C20H23N3O4/c1-5-23(14-7-9-15(10-8-14)26-6-2)20-21-19(22-27-20)17-13-16(24-3)11-12-18(17)25-4/h7-13H,5-6H2,1-4H3. The molecule has 0 N–H and O–H groups in total. The molecule has 1 heterocycles. The molecule has 3 rings (SSSR count). The zero-order chi connectivity index (χ0) is 19.2. The van der Waals surface area contributed by atoms with E-state index in [0.29, 0.717) is 42.1 Å². The van der Waals surface area contributed by atoms with E-state index in [9.17, 15) is 0 Å². The molecule has 7 nitrogen and oxygen atoms in total. The molecule has 2 aromatic carbocycles. The topological polar surface area (TPSA) is 69.9 Å². The SMILES string of the molecule is CCOc1ccc(N(CC)c2nc(-c3cc(OC)ccc3OC)no2)cc1. The zero-order valence-electron chi connectivity index (χ0n) is 15.9. The molecule has 0 saturated heterocycles. The van der Waals surface area contributed by atoms with Crippen molar-refractivity contribution in [3.05, 3.63) is 42.5 Å². The first-order valence-corrected chi connectivity index (χ1v) is 8.76. The maximum absolute atomic E-state index is 5.51. The minimum atomic E-state index is 0.404. The van der Waals surface area contributed by atoms with Gasteiger partial charge in [0.25, 0.3) is 0 Å². The van der Waals surface area contributed by atoms with Crippen molar-refractivity contribution >= 4 is 11.7 Å². The maximum Gasteiger partial charge on any atom is 0.328 e. The summed E-state index contributed by atoms with van der Waals surface area (Å²) in [6.07, 6.45) is 0. The van der Waals surface area contributed by atoms with E-state index in [0.717, 1.165) is 11.4 Å². The van der Waals surface area contributed by atoms with Gasteiger partial charge >= 0.3 is 6.01 Å². The van der Waals surface area contributed by atoms with Crippen LogP contribution in [0.3, 0.4) is 0 Å². The van der Waals surface area contributed by atoms with Gasteiger partial charge in [0, 0.05) is 12.2 Å². The van der Waals surface area contributed by atoms with Crippen LogP contribution in [0.1, 0.15) is 13.8 Å². The molecule has 7 heteroatoms. The monoisotopic (exact) mass is 369 g/mol. The van der Waals surface area contributed by atoms with E-state index >= 15 is 0 Å². The van der Waals surface area contributed by atoms with E-state index in [4.69, 9.17) is 18.7 Å². The van der Waals surface area contributed by atoms with Gasteiger partial charge in [-0.3, -0.25) is 4.90 Å². The van der Waals surface area contributed by atoms with Crippen LogP contribution in [0, 0.1) is 0 Å². The van der Waals surface area contributed by atoms with Crippen LogP contribution in [-0.2, 0) is 0 Å². The van der Waals surface area contributed by atoms with E-state index in [2.05, 4.69) is 10.1 Å². The van der Waals surface area contributed by atoms with Crippen molar-refractivity contribution in [2.45, 2.75) is 13.8 Å². The minimum Gasteiger partial charge on any atom is -0.497 e. The zero-order valence-corrected chi connectivity index (χ0v) is 15.9. The van der Waals surface area contributed by atoms with Crippen LogP contribution >= 0.6 is 0 Å². The van der Waals surface area contributed by atoms with E-state index in [-0.39, 0.29) is 0 Å². The lowest BCUT2D eigenvalue weighted by Gasteiger charge is -2.18. The van der Waals surface area contributed by atoms with Crippen LogP contribution in [0.5, 0.6) is 17.2 Å². The van der Waals surface area contributed by atoms with E-state index in [1.807, 2.05) is 61.2 Å². The van der Waals surface area contributed by atoms with Gasteiger partial charge in [0.05, 0.1) is 26.4 Å². The van der Waals surface area contributed by atoms with Crippen LogP contribution in [-0.4, -0.2) is 37.5 Å². The maximum atomic E-state index is 5.51. The molecule has 0 radical (unpaired) electrons. The summed E-state index contributed by atoms with van der Waals surface area (Å²) < 4.78 is 21.7. The highest BCUT2D eigenvalue weighted by Crippen LogP contribution is 2.34. The summed E-state index contributed by atoms with van der Waals surface area (Å²) in [4.78, 5) is 6.48. The number of aromatic nitrogens is 2. The molecule has 27 heavy (non-hydrogen) atoms. The van der Waals surface area contributed by atoms with Crippen LogP contribution in [0.15, 0.2) is 47.0 Å². The Bertz CT molecular complexity index is 877. The summed E-state index contributed by atoms with van der Waals surface area (Å²) in [5.41, 5.74) is 1.64. The summed E-state index contributed by atoms with van der Waals surface area (Å²) in [6, 6.07) is 13.6. The number of hydrogen-bond acceptors (Lipinski definition) is 7. The van der Waals surface area contributed by atoms with Gasteiger partial charge in [0.1, 0.15) is 17.2 Å². The van der Waals surface area contributed by atoms with Crippen LogP contribution in [0.25, 0.3) is 11.4 Å². The highest BCUT2D eigenvalue weighted by molar-refractivity contribution is 5.67. The molecular weight excluding hydrogens is 346 g/mol. The second-order valence-electron chi connectivity index (χ2n) is 5.64. The molecule has 0 atom stereocenters. The first-order chi connectivity index (χ1) is 13.2. The number of hydrogen-bond donors (Lipinski definition) is 0. The third kappa shape index (κ3) is 3.97. The molecule has 0 aliphatic carbocycles. The second kappa shape index (κ2) is 8.44. The molecule has 3 aromatic rings.